The number of benzene rings is 2. The molecule has 0 spiro atoms. The summed E-state index contributed by atoms with van der Waals surface area (Å²) < 4.78 is 24.2. The third-order valence-corrected chi connectivity index (χ3v) is 3.55. The van der Waals surface area contributed by atoms with Gasteiger partial charge in [-0.3, -0.25) is 4.79 Å². The van der Waals surface area contributed by atoms with Crippen LogP contribution in [0, 0.1) is 12.7 Å². The van der Waals surface area contributed by atoms with Gasteiger partial charge in [0.2, 0.25) is 0 Å². The highest BCUT2D eigenvalue weighted by atomic mass is 19.1. The number of esters is 1. The van der Waals surface area contributed by atoms with E-state index in [1.165, 1.54) is 13.0 Å². The fraction of sp³-hybridized carbons (Fsp3) is 0.300. The molecule has 0 bridgehead atoms. The minimum absolute atomic E-state index is 0.0307. The second kappa shape index (κ2) is 8.47. The molecule has 0 aromatic heterocycles. The van der Waals surface area contributed by atoms with Crippen molar-refractivity contribution in [2.75, 3.05) is 5.32 Å². The lowest BCUT2D eigenvalue weighted by atomic mass is 10.2. The van der Waals surface area contributed by atoms with Crippen LogP contribution in [0.1, 0.15) is 36.7 Å². The van der Waals surface area contributed by atoms with Crippen molar-refractivity contribution in [3.05, 3.63) is 59.4 Å². The Labute approximate surface area is 152 Å². The molecule has 1 unspecified atom stereocenters. The smallest absolute Gasteiger partial charge is 0.338 e. The number of carbonyl (C=O) groups excluding carboxylic acids is 2. The highest BCUT2D eigenvalue weighted by Gasteiger charge is 2.19. The number of hydrogen-bond donors (Lipinski definition) is 1. The molecule has 0 heterocycles. The maximum atomic E-state index is 13.5. The van der Waals surface area contributed by atoms with Crippen LogP contribution < -0.4 is 10.1 Å². The molecule has 1 amide bonds. The molecule has 2 aromatic carbocycles. The SMILES string of the molecule is Cc1ccc(NC(=O)C(C)OC(=O)c2ccc(OC(C)C)cc2)cc1F. The van der Waals surface area contributed by atoms with E-state index in [2.05, 4.69) is 5.32 Å². The van der Waals surface area contributed by atoms with E-state index in [9.17, 15) is 14.0 Å². The summed E-state index contributed by atoms with van der Waals surface area (Å²) in [7, 11) is 0. The average Bonchev–Trinajstić information content (AvgIpc) is 2.58. The fourth-order valence-electron chi connectivity index (χ4n) is 2.14. The topological polar surface area (TPSA) is 64.6 Å². The largest absolute Gasteiger partial charge is 0.491 e. The Morgan fingerprint density at radius 1 is 1.04 bits per heavy atom. The van der Waals surface area contributed by atoms with Gasteiger partial charge in [0.25, 0.3) is 5.91 Å². The number of anilines is 1. The van der Waals surface area contributed by atoms with Gasteiger partial charge >= 0.3 is 5.97 Å². The molecule has 0 aliphatic rings. The van der Waals surface area contributed by atoms with E-state index in [1.807, 2.05) is 13.8 Å². The van der Waals surface area contributed by atoms with E-state index < -0.39 is 23.8 Å². The van der Waals surface area contributed by atoms with Gasteiger partial charge in [0, 0.05) is 5.69 Å². The molecule has 0 saturated carbocycles. The van der Waals surface area contributed by atoms with E-state index in [-0.39, 0.29) is 6.10 Å². The summed E-state index contributed by atoms with van der Waals surface area (Å²) >= 11 is 0. The lowest BCUT2D eigenvalue weighted by molar-refractivity contribution is -0.123. The summed E-state index contributed by atoms with van der Waals surface area (Å²) in [5.41, 5.74) is 1.09. The summed E-state index contributed by atoms with van der Waals surface area (Å²) in [5, 5.41) is 2.52. The van der Waals surface area contributed by atoms with E-state index in [1.54, 1.807) is 43.3 Å². The molecule has 1 N–H and O–H groups in total. The van der Waals surface area contributed by atoms with Crippen LogP contribution >= 0.6 is 0 Å². The Morgan fingerprint density at radius 3 is 2.27 bits per heavy atom. The van der Waals surface area contributed by atoms with Gasteiger partial charge in [-0.15, -0.1) is 0 Å². The third-order valence-electron chi connectivity index (χ3n) is 3.55. The number of ether oxygens (including phenoxy) is 2. The zero-order valence-electron chi connectivity index (χ0n) is 15.2. The van der Waals surface area contributed by atoms with Crippen molar-refractivity contribution in [1.29, 1.82) is 0 Å². The third kappa shape index (κ3) is 5.31. The van der Waals surface area contributed by atoms with Crippen LogP contribution in [-0.2, 0) is 9.53 Å². The molecular formula is C20H22FNO4. The van der Waals surface area contributed by atoms with Crippen LogP contribution in [0.25, 0.3) is 0 Å². The highest BCUT2D eigenvalue weighted by molar-refractivity contribution is 5.97. The van der Waals surface area contributed by atoms with Crippen LogP contribution in [-0.4, -0.2) is 24.1 Å². The van der Waals surface area contributed by atoms with Crippen LogP contribution in [0.15, 0.2) is 42.5 Å². The van der Waals surface area contributed by atoms with Gasteiger partial charge in [0.05, 0.1) is 11.7 Å². The predicted octanol–water partition coefficient (Wildman–Crippen LogP) is 4.11. The first-order chi connectivity index (χ1) is 12.3. The van der Waals surface area contributed by atoms with Gasteiger partial charge in [-0.2, -0.15) is 0 Å². The van der Waals surface area contributed by atoms with Crippen LogP contribution in [0.4, 0.5) is 10.1 Å². The number of nitrogens with one attached hydrogen (secondary N) is 1. The number of hydrogen-bond acceptors (Lipinski definition) is 4. The molecule has 2 rings (SSSR count). The number of rotatable bonds is 6. The molecular weight excluding hydrogens is 337 g/mol. The van der Waals surface area contributed by atoms with Crippen molar-refractivity contribution in [1.82, 2.24) is 0 Å². The molecule has 0 saturated heterocycles. The van der Waals surface area contributed by atoms with Crippen molar-refractivity contribution >= 4 is 17.6 Å². The van der Waals surface area contributed by atoms with Crippen LogP contribution in [0.3, 0.4) is 0 Å². The Balaban J connectivity index is 1.94. The standard InChI is InChI=1S/C20H22FNO4/c1-12(2)25-17-9-6-15(7-10-17)20(24)26-14(4)19(23)22-16-8-5-13(3)18(21)11-16/h5-12,14H,1-4H3,(H,22,23). The zero-order valence-corrected chi connectivity index (χ0v) is 15.2. The summed E-state index contributed by atoms with van der Waals surface area (Å²) in [6.07, 6.45) is -0.999. The lowest BCUT2D eigenvalue weighted by Crippen LogP contribution is -2.30. The van der Waals surface area contributed by atoms with Crippen LogP contribution in [0.5, 0.6) is 5.75 Å². The van der Waals surface area contributed by atoms with E-state index >= 15 is 0 Å². The molecule has 1 atom stereocenters. The molecule has 138 valence electrons. The Bertz CT molecular complexity index is 787. The Hall–Kier alpha value is -2.89. The minimum atomic E-state index is -1.03. The quantitative estimate of drug-likeness (QED) is 0.789. The minimum Gasteiger partial charge on any atom is -0.491 e. The predicted molar refractivity (Wildman–Crippen MR) is 96.9 cm³/mol. The fourth-order valence-corrected chi connectivity index (χ4v) is 2.14. The molecule has 26 heavy (non-hydrogen) atoms. The van der Waals surface area contributed by atoms with Crippen molar-refractivity contribution in [3.63, 3.8) is 0 Å². The van der Waals surface area contributed by atoms with Crippen molar-refractivity contribution in [2.24, 2.45) is 0 Å². The van der Waals surface area contributed by atoms with Gasteiger partial charge in [-0.25, -0.2) is 9.18 Å². The summed E-state index contributed by atoms with van der Waals surface area (Å²) in [6.45, 7) is 6.89. The molecule has 0 radical (unpaired) electrons. The normalized spacial score (nSPS) is 11.8. The molecule has 0 fully saturated rings. The Morgan fingerprint density at radius 2 is 1.69 bits per heavy atom. The van der Waals surface area contributed by atoms with E-state index in [0.717, 1.165) is 0 Å². The molecule has 5 nitrogen and oxygen atoms in total. The second-order valence-electron chi connectivity index (χ2n) is 6.19. The Kier molecular flexibility index (Phi) is 6.33. The zero-order chi connectivity index (χ0) is 19.3. The summed E-state index contributed by atoms with van der Waals surface area (Å²) in [5.74, 6) is -0.944. The van der Waals surface area contributed by atoms with Gasteiger partial charge in [-0.05, 0) is 69.7 Å². The molecule has 0 aliphatic heterocycles. The lowest BCUT2D eigenvalue weighted by Gasteiger charge is -2.14. The number of halogens is 1. The van der Waals surface area contributed by atoms with Gasteiger partial charge < -0.3 is 14.8 Å². The average molecular weight is 359 g/mol. The van der Waals surface area contributed by atoms with E-state index in [4.69, 9.17) is 9.47 Å². The first-order valence-electron chi connectivity index (χ1n) is 8.31. The van der Waals surface area contributed by atoms with Crippen LogP contribution in [0.2, 0.25) is 0 Å². The van der Waals surface area contributed by atoms with Crippen molar-refractivity contribution < 1.29 is 23.5 Å². The first kappa shape index (κ1) is 19.4. The van der Waals surface area contributed by atoms with Gasteiger partial charge in [-0.1, -0.05) is 6.07 Å². The maximum Gasteiger partial charge on any atom is 0.338 e. The second-order valence-corrected chi connectivity index (χ2v) is 6.19. The first-order valence-corrected chi connectivity index (χ1v) is 8.31. The number of carbonyl (C=O) groups is 2. The van der Waals surface area contributed by atoms with Crippen molar-refractivity contribution in [2.45, 2.75) is 39.9 Å². The van der Waals surface area contributed by atoms with Gasteiger partial charge in [0.15, 0.2) is 6.10 Å². The van der Waals surface area contributed by atoms with Crippen molar-refractivity contribution in [3.8, 4) is 5.75 Å². The molecule has 0 aliphatic carbocycles. The molecule has 2 aromatic rings. The number of amides is 1. The van der Waals surface area contributed by atoms with E-state index in [0.29, 0.717) is 22.6 Å². The molecule has 6 heteroatoms. The highest BCUT2D eigenvalue weighted by Crippen LogP contribution is 2.16. The summed E-state index contributed by atoms with van der Waals surface area (Å²) in [6, 6.07) is 10.8. The number of aryl methyl sites for hydroxylation is 1. The van der Waals surface area contributed by atoms with Gasteiger partial charge in [0.1, 0.15) is 11.6 Å². The monoisotopic (exact) mass is 359 g/mol. The maximum absolute atomic E-state index is 13.5. The summed E-state index contributed by atoms with van der Waals surface area (Å²) in [4.78, 5) is 24.3.